The Kier molecular flexibility index (Phi) is 3.26. The maximum atomic E-state index is 8.92. The lowest BCUT2D eigenvalue weighted by Gasteiger charge is -2.12. The Hall–Kier alpha value is -0.860. The topological polar surface area (TPSA) is 29.5 Å². The Labute approximate surface area is 72.8 Å². The first-order valence-electron chi connectivity index (χ1n) is 3.98. The Morgan fingerprint density at radius 1 is 1.33 bits per heavy atom. The van der Waals surface area contributed by atoms with Crippen LogP contribution in [-0.2, 0) is 4.74 Å². The number of aliphatic hydroxyl groups is 1. The molecule has 0 fully saturated rings. The minimum atomic E-state index is -0.189. The van der Waals surface area contributed by atoms with E-state index >= 15 is 0 Å². The van der Waals surface area contributed by atoms with Gasteiger partial charge in [0, 0.05) is 7.11 Å². The number of rotatable bonds is 3. The predicted octanol–water partition coefficient (Wildman–Crippen LogP) is 1.67. The molecule has 2 nitrogen and oxygen atoms in total. The highest BCUT2D eigenvalue weighted by Gasteiger charge is 2.06. The maximum absolute atomic E-state index is 8.92. The standard InChI is InChI=1S/C10H14O2/c1-8-3-5-9(6-4-8)10(7-11)12-2/h3-6,10-11H,7H2,1-2H3. The van der Waals surface area contributed by atoms with Gasteiger partial charge in [0.15, 0.2) is 0 Å². The summed E-state index contributed by atoms with van der Waals surface area (Å²) < 4.78 is 5.08. The Balaban J connectivity index is 2.80. The van der Waals surface area contributed by atoms with E-state index in [1.807, 2.05) is 31.2 Å². The third kappa shape index (κ3) is 2.06. The lowest BCUT2D eigenvalue weighted by Crippen LogP contribution is -2.05. The first-order chi connectivity index (χ1) is 5.77. The van der Waals surface area contributed by atoms with Crippen molar-refractivity contribution in [1.82, 2.24) is 0 Å². The molecule has 1 N–H and O–H groups in total. The van der Waals surface area contributed by atoms with Crippen LogP contribution in [0.3, 0.4) is 0 Å². The molecule has 1 rings (SSSR count). The van der Waals surface area contributed by atoms with Crippen LogP contribution in [0.5, 0.6) is 0 Å². The van der Waals surface area contributed by atoms with Gasteiger partial charge in [-0.25, -0.2) is 0 Å². The zero-order chi connectivity index (χ0) is 8.97. The van der Waals surface area contributed by atoms with Gasteiger partial charge in [-0.3, -0.25) is 0 Å². The number of benzene rings is 1. The quantitative estimate of drug-likeness (QED) is 0.740. The van der Waals surface area contributed by atoms with Crippen LogP contribution in [-0.4, -0.2) is 18.8 Å². The van der Waals surface area contributed by atoms with E-state index in [-0.39, 0.29) is 12.7 Å². The van der Waals surface area contributed by atoms with Gasteiger partial charge in [0.2, 0.25) is 0 Å². The van der Waals surface area contributed by atoms with Gasteiger partial charge in [-0.1, -0.05) is 29.8 Å². The second-order valence-electron chi connectivity index (χ2n) is 2.82. The molecule has 0 saturated heterocycles. The fourth-order valence-electron chi connectivity index (χ4n) is 1.10. The normalized spacial score (nSPS) is 12.9. The number of hydrogen-bond donors (Lipinski definition) is 1. The Morgan fingerprint density at radius 2 is 1.92 bits per heavy atom. The van der Waals surface area contributed by atoms with Crippen LogP contribution in [0.4, 0.5) is 0 Å². The molecule has 0 saturated carbocycles. The van der Waals surface area contributed by atoms with Crippen LogP contribution in [0.1, 0.15) is 17.2 Å². The van der Waals surface area contributed by atoms with E-state index in [9.17, 15) is 0 Å². The first-order valence-corrected chi connectivity index (χ1v) is 3.98. The van der Waals surface area contributed by atoms with Crippen molar-refractivity contribution in [3.05, 3.63) is 35.4 Å². The van der Waals surface area contributed by atoms with Crippen molar-refractivity contribution in [2.24, 2.45) is 0 Å². The molecule has 12 heavy (non-hydrogen) atoms. The molecule has 0 aliphatic heterocycles. The van der Waals surface area contributed by atoms with Crippen molar-refractivity contribution in [2.75, 3.05) is 13.7 Å². The lowest BCUT2D eigenvalue weighted by atomic mass is 10.1. The highest BCUT2D eigenvalue weighted by Crippen LogP contribution is 2.15. The van der Waals surface area contributed by atoms with Crippen LogP contribution in [0.25, 0.3) is 0 Å². The highest BCUT2D eigenvalue weighted by molar-refractivity contribution is 5.23. The van der Waals surface area contributed by atoms with Crippen LogP contribution >= 0.6 is 0 Å². The van der Waals surface area contributed by atoms with Crippen molar-refractivity contribution >= 4 is 0 Å². The molecule has 2 heteroatoms. The van der Waals surface area contributed by atoms with Gasteiger partial charge in [-0.15, -0.1) is 0 Å². The molecular weight excluding hydrogens is 152 g/mol. The number of hydrogen-bond acceptors (Lipinski definition) is 2. The summed E-state index contributed by atoms with van der Waals surface area (Å²) in [6.07, 6.45) is -0.189. The summed E-state index contributed by atoms with van der Waals surface area (Å²) in [5, 5.41) is 8.92. The molecule has 1 aromatic carbocycles. The molecule has 0 spiro atoms. The van der Waals surface area contributed by atoms with Crippen LogP contribution in [0, 0.1) is 6.92 Å². The number of ether oxygens (including phenoxy) is 1. The van der Waals surface area contributed by atoms with Crippen molar-refractivity contribution in [3.8, 4) is 0 Å². The zero-order valence-electron chi connectivity index (χ0n) is 7.45. The van der Waals surface area contributed by atoms with E-state index < -0.39 is 0 Å². The summed E-state index contributed by atoms with van der Waals surface area (Å²) in [6, 6.07) is 7.97. The van der Waals surface area contributed by atoms with E-state index in [1.165, 1.54) is 5.56 Å². The summed E-state index contributed by atoms with van der Waals surface area (Å²) in [5.74, 6) is 0. The summed E-state index contributed by atoms with van der Waals surface area (Å²) >= 11 is 0. The molecule has 66 valence electrons. The van der Waals surface area contributed by atoms with Crippen LogP contribution in [0.2, 0.25) is 0 Å². The molecule has 0 aliphatic rings. The SMILES string of the molecule is COC(CO)c1ccc(C)cc1. The second-order valence-corrected chi connectivity index (χ2v) is 2.82. The van der Waals surface area contributed by atoms with E-state index in [0.29, 0.717) is 0 Å². The number of aliphatic hydroxyl groups excluding tert-OH is 1. The van der Waals surface area contributed by atoms with E-state index in [4.69, 9.17) is 9.84 Å². The Morgan fingerprint density at radius 3 is 2.33 bits per heavy atom. The smallest absolute Gasteiger partial charge is 0.105 e. The van der Waals surface area contributed by atoms with Crippen molar-refractivity contribution in [2.45, 2.75) is 13.0 Å². The summed E-state index contributed by atoms with van der Waals surface area (Å²) in [6.45, 7) is 2.06. The van der Waals surface area contributed by atoms with Crippen molar-refractivity contribution in [1.29, 1.82) is 0 Å². The monoisotopic (exact) mass is 166 g/mol. The molecule has 0 aliphatic carbocycles. The predicted molar refractivity (Wildman–Crippen MR) is 48.0 cm³/mol. The summed E-state index contributed by atoms with van der Waals surface area (Å²) in [4.78, 5) is 0. The molecule has 0 amide bonds. The maximum Gasteiger partial charge on any atom is 0.105 e. The van der Waals surface area contributed by atoms with Gasteiger partial charge in [0.1, 0.15) is 6.10 Å². The lowest BCUT2D eigenvalue weighted by molar-refractivity contribution is 0.0484. The zero-order valence-corrected chi connectivity index (χ0v) is 7.45. The molecule has 0 bridgehead atoms. The highest BCUT2D eigenvalue weighted by atomic mass is 16.5. The number of methoxy groups -OCH3 is 1. The van der Waals surface area contributed by atoms with E-state index in [1.54, 1.807) is 7.11 Å². The third-order valence-corrected chi connectivity index (χ3v) is 1.90. The largest absolute Gasteiger partial charge is 0.393 e. The van der Waals surface area contributed by atoms with Crippen molar-refractivity contribution < 1.29 is 9.84 Å². The molecule has 1 unspecified atom stereocenters. The van der Waals surface area contributed by atoms with Gasteiger partial charge in [-0.05, 0) is 12.5 Å². The van der Waals surface area contributed by atoms with Gasteiger partial charge in [0.05, 0.1) is 6.61 Å². The molecule has 0 heterocycles. The second kappa shape index (κ2) is 4.24. The minimum absolute atomic E-state index is 0.0273. The fourth-order valence-corrected chi connectivity index (χ4v) is 1.10. The summed E-state index contributed by atoms with van der Waals surface area (Å²) in [5.41, 5.74) is 2.23. The summed E-state index contributed by atoms with van der Waals surface area (Å²) in [7, 11) is 1.60. The van der Waals surface area contributed by atoms with Crippen molar-refractivity contribution in [3.63, 3.8) is 0 Å². The average molecular weight is 166 g/mol. The van der Waals surface area contributed by atoms with Gasteiger partial charge in [-0.2, -0.15) is 0 Å². The number of aryl methyl sites for hydroxylation is 1. The fraction of sp³-hybridized carbons (Fsp3) is 0.400. The first kappa shape index (κ1) is 9.23. The molecular formula is C10H14O2. The van der Waals surface area contributed by atoms with Crippen LogP contribution < -0.4 is 0 Å². The minimum Gasteiger partial charge on any atom is -0.393 e. The van der Waals surface area contributed by atoms with Crippen LogP contribution in [0.15, 0.2) is 24.3 Å². The molecule has 1 atom stereocenters. The average Bonchev–Trinajstić information content (AvgIpc) is 2.10. The molecule has 0 radical (unpaired) electrons. The van der Waals surface area contributed by atoms with E-state index in [2.05, 4.69) is 0 Å². The van der Waals surface area contributed by atoms with Gasteiger partial charge >= 0.3 is 0 Å². The van der Waals surface area contributed by atoms with E-state index in [0.717, 1.165) is 5.56 Å². The molecule has 1 aromatic rings. The molecule has 0 aromatic heterocycles. The van der Waals surface area contributed by atoms with Gasteiger partial charge in [0.25, 0.3) is 0 Å². The Bertz CT molecular complexity index is 224. The third-order valence-electron chi connectivity index (χ3n) is 1.90. The van der Waals surface area contributed by atoms with Gasteiger partial charge < -0.3 is 9.84 Å².